The molecule has 0 bridgehead atoms. The number of hydrogen-bond acceptors (Lipinski definition) is 8. The fourth-order valence-corrected chi connectivity index (χ4v) is 5.90. The highest BCUT2D eigenvalue weighted by Gasteiger charge is 2.32. The van der Waals surface area contributed by atoms with Gasteiger partial charge in [-0.2, -0.15) is 4.68 Å². The number of aromatic nitrogens is 4. The first-order valence-corrected chi connectivity index (χ1v) is 14.6. The largest absolute Gasteiger partial charge is 0.392 e. The third kappa shape index (κ3) is 6.24. The van der Waals surface area contributed by atoms with E-state index in [0.717, 1.165) is 39.1 Å². The number of benzene rings is 4. The van der Waals surface area contributed by atoms with E-state index in [1.807, 2.05) is 66.7 Å². The van der Waals surface area contributed by atoms with Crippen LogP contribution < -0.4 is 5.73 Å². The number of nitrogens with two attached hydrogens (primary N) is 1. The van der Waals surface area contributed by atoms with Gasteiger partial charge >= 0.3 is 0 Å². The van der Waals surface area contributed by atoms with Crippen molar-refractivity contribution in [2.75, 3.05) is 5.75 Å². The van der Waals surface area contributed by atoms with Crippen LogP contribution in [0.1, 0.15) is 41.1 Å². The van der Waals surface area contributed by atoms with Gasteiger partial charge in [-0.05, 0) is 50.4 Å². The van der Waals surface area contributed by atoms with Crippen molar-refractivity contribution >= 4 is 11.8 Å². The molecule has 4 aromatic carbocycles. The molecular formula is C32H31N5O3S. The van der Waals surface area contributed by atoms with Crippen LogP contribution in [0.5, 0.6) is 0 Å². The Morgan fingerprint density at radius 2 is 1.59 bits per heavy atom. The maximum absolute atomic E-state index is 9.50. The molecule has 3 atom stereocenters. The fraction of sp³-hybridized carbons (Fsp3) is 0.219. The van der Waals surface area contributed by atoms with E-state index in [2.05, 4.69) is 51.9 Å². The number of hydrogen-bond donors (Lipinski definition) is 2. The molecular weight excluding hydrogens is 534 g/mol. The number of para-hydroxylation sites is 1. The van der Waals surface area contributed by atoms with Crippen LogP contribution in [-0.2, 0) is 22.6 Å². The van der Waals surface area contributed by atoms with Gasteiger partial charge in [-0.1, -0.05) is 103 Å². The monoisotopic (exact) mass is 565 g/mol. The van der Waals surface area contributed by atoms with Gasteiger partial charge in [-0.15, -0.1) is 5.10 Å². The van der Waals surface area contributed by atoms with E-state index in [0.29, 0.717) is 23.9 Å². The quantitative estimate of drug-likeness (QED) is 0.222. The van der Waals surface area contributed by atoms with Gasteiger partial charge in [0.15, 0.2) is 6.29 Å². The maximum atomic E-state index is 9.50. The molecule has 1 aliphatic rings. The lowest BCUT2D eigenvalue weighted by atomic mass is 9.98. The first-order chi connectivity index (χ1) is 20.2. The second-order valence-electron chi connectivity index (χ2n) is 9.85. The molecule has 1 fully saturated rings. The Morgan fingerprint density at radius 1 is 0.854 bits per heavy atom. The number of thioether (sulfide) groups is 1. The Bertz CT molecular complexity index is 1560. The van der Waals surface area contributed by atoms with Crippen molar-refractivity contribution in [1.82, 2.24) is 20.2 Å². The molecule has 9 heteroatoms. The van der Waals surface area contributed by atoms with Crippen LogP contribution in [-0.4, -0.2) is 37.2 Å². The maximum Gasteiger partial charge on any atom is 0.214 e. The second-order valence-corrected chi connectivity index (χ2v) is 10.8. The van der Waals surface area contributed by atoms with Crippen LogP contribution in [0.4, 0.5) is 0 Å². The molecule has 0 radical (unpaired) electrons. The summed E-state index contributed by atoms with van der Waals surface area (Å²) in [5.74, 6) is 0.653. The van der Waals surface area contributed by atoms with Crippen LogP contribution >= 0.6 is 11.8 Å². The van der Waals surface area contributed by atoms with Crippen molar-refractivity contribution in [1.29, 1.82) is 0 Å². The van der Waals surface area contributed by atoms with E-state index in [-0.39, 0.29) is 18.8 Å². The van der Waals surface area contributed by atoms with E-state index >= 15 is 0 Å². The van der Waals surface area contributed by atoms with Crippen molar-refractivity contribution < 1.29 is 14.6 Å². The summed E-state index contributed by atoms with van der Waals surface area (Å²) in [7, 11) is 0. The van der Waals surface area contributed by atoms with Gasteiger partial charge in [0.1, 0.15) is 0 Å². The van der Waals surface area contributed by atoms with Crippen LogP contribution in [0.15, 0.2) is 108 Å². The van der Waals surface area contributed by atoms with Crippen LogP contribution in [0, 0.1) is 0 Å². The third-order valence-electron chi connectivity index (χ3n) is 7.19. The first kappa shape index (κ1) is 27.3. The van der Waals surface area contributed by atoms with E-state index in [4.69, 9.17) is 15.2 Å². The van der Waals surface area contributed by atoms with E-state index in [1.54, 1.807) is 16.4 Å². The summed E-state index contributed by atoms with van der Waals surface area (Å²) < 4.78 is 14.8. The number of aliphatic hydroxyl groups is 1. The van der Waals surface area contributed by atoms with Crippen LogP contribution in [0.25, 0.3) is 16.8 Å². The smallest absolute Gasteiger partial charge is 0.214 e. The molecule has 41 heavy (non-hydrogen) atoms. The number of ether oxygens (including phenoxy) is 2. The second kappa shape index (κ2) is 12.8. The molecule has 8 nitrogen and oxygen atoms in total. The Morgan fingerprint density at radius 3 is 2.34 bits per heavy atom. The molecule has 6 rings (SSSR count). The standard InChI is InChI=1S/C32H31N5O3S/c33-19-26-6-4-5-9-29(26)23-14-16-25(17-15-23)31-39-28(18-30(40-31)24-12-10-22(20-38)11-13-24)21-41-32-34-35-36-37(32)27-7-2-1-3-8-27/h1-17,28,30-31,38H,18-21,33H2. The van der Waals surface area contributed by atoms with Crippen LogP contribution in [0.2, 0.25) is 0 Å². The molecule has 0 amide bonds. The predicted molar refractivity (Wildman–Crippen MR) is 158 cm³/mol. The fourth-order valence-electron chi connectivity index (χ4n) is 4.99. The summed E-state index contributed by atoms with van der Waals surface area (Å²) in [6, 6.07) is 34.2. The van der Waals surface area contributed by atoms with Crippen molar-refractivity contribution in [2.45, 2.75) is 43.2 Å². The topological polar surface area (TPSA) is 108 Å². The molecule has 0 spiro atoms. The number of rotatable bonds is 9. The lowest BCUT2D eigenvalue weighted by Gasteiger charge is -2.36. The van der Waals surface area contributed by atoms with Crippen LogP contribution in [0.3, 0.4) is 0 Å². The van der Waals surface area contributed by atoms with Gasteiger partial charge in [0.2, 0.25) is 5.16 Å². The SMILES string of the molecule is NCc1ccccc1-c1ccc(C2OC(CSc3nnnn3-c3ccccc3)CC(c3ccc(CO)cc3)O2)cc1. The molecule has 208 valence electrons. The molecule has 0 saturated carbocycles. The minimum Gasteiger partial charge on any atom is -0.392 e. The molecule has 1 aromatic heterocycles. The predicted octanol–water partition coefficient (Wildman–Crippen LogP) is 5.62. The lowest BCUT2D eigenvalue weighted by Crippen LogP contribution is -2.31. The Labute approximate surface area is 243 Å². The summed E-state index contributed by atoms with van der Waals surface area (Å²) in [4.78, 5) is 0. The minimum atomic E-state index is -0.541. The summed E-state index contributed by atoms with van der Waals surface area (Å²) in [6.07, 6.45) is -0.146. The average Bonchev–Trinajstić information content (AvgIpc) is 3.53. The van der Waals surface area contributed by atoms with Gasteiger partial charge in [0, 0.05) is 24.3 Å². The van der Waals surface area contributed by atoms with Crippen molar-refractivity contribution in [2.24, 2.45) is 5.73 Å². The normalized spacial score (nSPS) is 18.8. The summed E-state index contributed by atoms with van der Waals surface area (Å²) in [5, 5.41) is 22.5. The summed E-state index contributed by atoms with van der Waals surface area (Å²) >= 11 is 1.56. The Kier molecular flexibility index (Phi) is 8.50. The van der Waals surface area contributed by atoms with Crippen molar-refractivity contribution in [3.8, 4) is 16.8 Å². The molecule has 1 saturated heterocycles. The van der Waals surface area contributed by atoms with Crippen molar-refractivity contribution in [3.05, 3.63) is 125 Å². The Hall–Kier alpha value is -3.86. The third-order valence-corrected chi connectivity index (χ3v) is 8.24. The molecule has 1 aliphatic heterocycles. The van der Waals surface area contributed by atoms with Gasteiger partial charge in [-0.3, -0.25) is 0 Å². The zero-order chi connectivity index (χ0) is 28.0. The molecule has 3 unspecified atom stereocenters. The Balaban J connectivity index is 1.23. The number of tetrazole rings is 1. The van der Waals surface area contributed by atoms with Gasteiger partial charge in [0.25, 0.3) is 0 Å². The minimum absolute atomic E-state index is 0.00652. The van der Waals surface area contributed by atoms with E-state index in [9.17, 15) is 5.11 Å². The molecule has 5 aromatic rings. The highest BCUT2D eigenvalue weighted by atomic mass is 32.2. The summed E-state index contributed by atoms with van der Waals surface area (Å²) in [5.41, 5.74) is 13.1. The number of aliphatic hydroxyl groups excluding tert-OH is 1. The molecule has 3 N–H and O–H groups in total. The lowest BCUT2D eigenvalue weighted by molar-refractivity contribution is -0.245. The van der Waals surface area contributed by atoms with Gasteiger partial charge in [0.05, 0.1) is 24.5 Å². The highest BCUT2D eigenvalue weighted by molar-refractivity contribution is 7.99. The molecule has 2 heterocycles. The van der Waals surface area contributed by atoms with E-state index < -0.39 is 6.29 Å². The number of nitrogens with zero attached hydrogens (tertiary/aromatic N) is 4. The highest BCUT2D eigenvalue weighted by Crippen LogP contribution is 2.40. The average molecular weight is 566 g/mol. The summed E-state index contributed by atoms with van der Waals surface area (Å²) in [6.45, 7) is 0.489. The van der Waals surface area contributed by atoms with Crippen molar-refractivity contribution in [3.63, 3.8) is 0 Å². The van der Waals surface area contributed by atoms with Gasteiger partial charge in [-0.25, -0.2) is 0 Å². The zero-order valence-electron chi connectivity index (χ0n) is 22.4. The van der Waals surface area contributed by atoms with Gasteiger partial charge < -0.3 is 20.3 Å². The van der Waals surface area contributed by atoms with E-state index in [1.165, 1.54) is 0 Å². The first-order valence-electron chi connectivity index (χ1n) is 13.6. The molecule has 0 aliphatic carbocycles. The zero-order valence-corrected chi connectivity index (χ0v) is 23.2.